The molecule has 84 valence electrons. The van der Waals surface area contributed by atoms with Crippen molar-refractivity contribution >= 4 is 27.5 Å². The molecule has 1 atom stereocenters. The van der Waals surface area contributed by atoms with Gasteiger partial charge < -0.3 is 0 Å². The molecule has 1 aromatic carbocycles. The average Bonchev–Trinajstić information content (AvgIpc) is 2.76. The summed E-state index contributed by atoms with van der Waals surface area (Å²) in [5.74, 6) is 0.986. The first-order chi connectivity index (χ1) is 7.72. The smallest absolute Gasteiger partial charge is 0.166 e. The van der Waals surface area contributed by atoms with Crippen LogP contribution in [-0.4, -0.2) is 20.2 Å². The van der Waals surface area contributed by atoms with Crippen LogP contribution in [0.5, 0.6) is 0 Å². The summed E-state index contributed by atoms with van der Waals surface area (Å²) in [6.07, 6.45) is 0. The molecule has 0 radical (unpaired) electrons. The van der Waals surface area contributed by atoms with Crippen molar-refractivity contribution in [1.29, 1.82) is 0 Å². The van der Waals surface area contributed by atoms with Gasteiger partial charge in [0.25, 0.3) is 0 Å². The fourth-order valence-corrected chi connectivity index (χ4v) is 2.10. The molecule has 0 spiro atoms. The highest BCUT2D eigenvalue weighted by Crippen LogP contribution is 2.21. The van der Waals surface area contributed by atoms with Crippen LogP contribution in [0, 0.1) is 0 Å². The lowest BCUT2D eigenvalue weighted by Gasteiger charge is -2.13. The van der Waals surface area contributed by atoms with Gasteiger partial charge >= 0.3 is 0 Å². The summed E-state index contributed by atoms with van der Waals surface area (Å²) in [6, 6.07) is 8.12. The van der Waals surface area contributed by atoms with E-state index < -0.39 is 0 Å². The lowest BCUT2D eigenvalue weighted by molar-refractivity contribution is 0.528. The average molecular weight is 302 g/mol. The summed E-state index contributed by atoms with van der Waals surface area (Å²) in [5.41, 5.74) is 1.13. The van der Waals surface area contributed by atoms with Crippen LogP contribution in [0.25, 0.3) is 0 Å². The van der Waals surface area contributed by atoms with Crippen molar-refractivity contribution in [2.24, 2.45) is 0 Å². The third kappa shape index (κ3) is 2.25. The summed E-state index contributed by atoms with van der Waals surface area (Å²) >= 11 is 9.21. The molecule has 0 aliphatic rings. The maximum atomic E-state index is 5.76. The molecule has 0 saturated carbocycles. The lowest BCUT2D eigenvalue weighted by atomic mass is 10.1. The Morgan fingerprint density at radius 3 is 3.00 bits per heavy atom. The Morgan fingerprint density at radius 2 is 2.31 bits per heavy atom. The minimum Gasteiger partial charge on any atom is -0.221 e. The van der Waals surface area contributed by atoms with E-state index in [0.717, 1.165) is 10.0 Å². The third-order valence-corrected chi connectivity index (χ3v) is 3.11. The Hall–Kier alpha value is -0.940. The number of halogens is 2. The monoisotopic (exact) mass is 300 g/mol. The molecule has 1 unspecified atom stereocenters. The van der Waals surface area contributed by atoms with Crippen LogP contribution in [-0.2, 0) is 5.88 Å². The molecular weight excluding hydrogens is 291 g/mol. The van der Waals surface area contributed by atoms with Crippen molar-refractivity contribution in [2.45, 2.75) is 18.8 Å². The molecule has 0 N–H and O–H groups in total. The Kier molecular flexibility index (Phi) is 3.56. The number of benzene rings is 1. The van der Waals surface area contributed by atoms with Crippen LogP contribution in [0.15, 0.2) is 28.7 Å². The number of rotatable bonds is 3. The van der Waals surface area contributed by atoms with E-state index in [-0.39, 0.29) is 6.04 Å². The number of alkyl halides is 1. The van der Waals surface area contributed by atoms with Gasteiger partial charge in [-0.2, -0.15) is 0 Å². The Morgan fingerprint density at radius 1 is 1.50 bits per heavy atom. The maximum Gasteiger partial charge on any atom is 0.166 e. The molecule has 0 saturated heterocycles. The molecule has 0 amide bonds. The van der Waals surface area contributed by atoms with E-state index in [0.29, 0.717) is 11.7 Å². The summed E-state index contributed by atoms with van der Waals surface area (Å²) in [6.45, 7) is 2.04. The first-order valence-corrected chi connectivity index (χ1v) is 6.13. The molecule has 6 heteroatoms. The summed E-state index contributed by atoms with van der Waals surface area (Å²) in [4.78, 5) is 0. The Balaban J connectivity index is 2.35. The van der Waals surface area contributed by atoms with Gasteiger partial charge in [-0.05, 0) is 35.0 Å². The van der Waals surface area contributed by atoms with Crippen molar-refractivity contribution in [3.63, 3.8) is 0 Å². The van der Waals surface area contributed by atoms with Crippen LogP contribution in [0.4, 0.5) is 0 Å². The van der Waals surface area contributed by atoms with Crippen LogP contribution in [0.2, 0.25) is 0 Å². The summed E-state index contributed by atoms with van der Waals surface area (Å²) in [5, 5.41) is 11.4. The predicted molar refractivity (Wildman–Crippen MR) is 65.3 cm³/mol. The topological polar surface area (TPSA) is 43.6 Å². The van der Waals surface area contributed by atoms with Gasteiger partial charge in [0, 0.05) is 4.47 Å². The van der Waals surface area contributed by atoms with Crippen molar-refractivity contribution in [3.8, 4) is 0 Å². The first kappa shape index (κ1) is 11.5. The first-order valence-electron chi connectivity index (χ1n) is 4.80. The molecule has 1 aromatic heterocycles. The second kappa shape index (κ2) is 4.93. The van der Waals surface area contributed by atoms with Gasteiger partial charge in [-0.15, -0.1) is 16.7 Å². The zero-order valence-corrected chi connectivity index (χ0v) is 11.0. The van der Waals surface area contributed by atoms with Gasteiger partial charge in [0.1, 0.15) is 0 Å². The van der Waals surface area contributed by atoms with Crippen LogP contribution in [0.3, 0.4) is 0 Å². The highest BCUT2D eigenvalue weighted by molar-refractivity contribution is 9.10. The predicted octanol–water partition coefficient (Wildman–Crippen LogP) is 2.78. The van der Waals surface area contributed by atoms with Crippen LogP contribution < -0.4 is 0 Å². The van der Waals surface area contributed by atoms with Gasteiger partial charge in [0.2, 0.25) is 0 Å². The van der Waals surface area contributed by atoms with E-state index in [1.54, 1.807) is 4.68 Å². The van der Waals surface area contributed by atoms with E-state index in [4.69, 9.17) is 11.6 Å². The number of hydrogen-bond donors (Lipinski definition) is 0. The van der Waals surface area contributed by atoms with Crippen molar-refractivity contribution in [2.75, 3.05) is 0 Å². The third-order valence-electron chi connectivity index (χ3n) is 2.38. The summed E-state index contributed by atoms with van der Waals surface area (Å²) in [7, 11) is 0. The Labute approximate surface area is 107 Å². The second-order valence-electron chi connectivity index (χ2n) is 3.40. The van der Waals surface area contributed by atoms with Gasteiger partial charge in [0.05, 0.1) is 11.9 Å². The minimum absolute atomic E-state index is 0.0706. The number of tetrazole rings is 1. The zero-order chi connectivity index (χ0) is 11.5. The van der Waals surface area contributed by atoms with E-state index in [1.807, 2.05) is 31.2 Å². The normalized spacial score (nSPS) is 12.7. The molecule has 1 heterocycles. The zero-order valence-electron chi connectivity index (χ0n) is 8.64. The van der Waals surface area contributed by atoms with E-state index >= 15 is 0 Å². The van der Waals surface area contributed by atoms with Crippen molar-refractivity contribution < 1.29 is 0 Å². The quantitative estimate of drug-likeness (QED) is 0.819. The molecule has 16 heavy (non-hydrogen) atoms. The number of hydrogen-bond acceptors (Lipinski definition) is 3. The molecular formula is C10H10BrClN4. The highest BCUT2D eigenvalue weighted by atomic mass is 79.9. The van der Waals surface area contributed by atoms with E-state index in [2.05, 4.69) is 31.5 Å². The fourth-order valence-electron chi connectivity index (χ4n) is 1.51. The molecule has 2 rings (SSSR count). The number of nitrogens with zero attached hydrogens (tertiary/aromatic N) is 4. The van der Waals surface area contributed by atoms with Gasteiger partial charge in [-0.1, -0.05) is 28.1 Å². The van der Waals surface area contributed by atoms with Crippen LogP contribution in [0.1, 0.15) is 24.4 Å². The fraction of sp³-hybridized carbons (Fsp3) is 0.300. The molecule has 4 nitrogen and oxygen atoms in total. The SMILES string of the molecule is CC(c1cccc(Br)c1)n1nnnc1CCl. The van der Waals surface area contributed by atoms with E-state index in [1.165, 1.54) is 0 Å². The van der Waals surface area contributed by atoms with E-state index in [9.17, 15) is 0 Å². The van der Waals surface area contributed by atoms with Gasteiger partial charge in [-0.25, -0.2) is 4.68 Å². The minimum atomic E-state index is 0.0706. The maximum absolute atomic E-state index is 5.76. The van der Waals surface area contributed by atoms with Crippen LogP contribution >= 0.6 is 27.5 Å². The van der Waals surface area contributed by atoms with Crippen molar-refractivity contribution in [1.82, 2.24) is 20.2 Å². The molecule has 2 aromatic rings. The van der Waals surface area contributed by atoms with Crippen molar-refractivity contribution in [3.05, 3.63) is 40.1 Å². The standard InChI is InChI=1S/C10H10BrClN4/c1-7(8-3-2-4-9(11)5-8)16-10(6-12)13-14-15-16/h2-5,7H,6H2,1H3. The largest absolute Gasteiger partial charge is 0.221 e. The Bertz CT molecular complexity index is 485. The molecule has 0 aliphatic carbocycles. The molecule has 0 bridgehead atoms. The summed E-state index contributed by atoms with van der Waals surface area (Å²) < 4.78 is 2.77. The highest BCUT2D eigenvalue weighted by Gasteiger charge is 2.13. The number of aromatic nitrogens is 4. The molecule has 0 aliphatic heterocycles. The van der Waals surface area contributed by atoms with Gasteiger partial charge in [-0.3, -0.25) is 0 Å². The van der Waals surface area contributed by atoms with Gasteiger partial charge in [0.15, 0.2) is 5.82 Å². The second-order valence-corrected chi connectivity index (χ2v) is 4.59. The lowest BCUT2D eigenvalue weighted by Crippen LogP contribution is -2.11. The molecule has 0 fully saturated rings.